The van der Waals surface area contributed by atoms with Crippen LogP contribution in [0.1, 0.15) is 20.8 Å². The van der Waals surface area contributed by atoms with E-state index in [4.69, 9.17) is 22.8 Å². The highest BCUT2D eigenvalue weighted by Gasteiger charge is 2.56. The van der Waals surface area contributed by atoms with Crippen LogP contribution >= 0.6 is 0 Å². The van der Waals surface area contributed by atoms with Gasteiger partial charge in [0.25, 0.3) is 0 Å². The first-order valence-electron chi connectivity index (χ1n) is 10.5. The summed E-state index contributed by atoms with van der Waals surface area (Å²) in [5, 5.41) is 2.53. The molecule has 0 saturated heterocycles. The van der Waals surface area contributed by atoms with Crippen molar-refractivity contribution in [3.05, 3.63) is 12.2 Å². The van der Waals surface area contributed by atoms with Crippen molar-refractivity contribution in [3.63, 3.8) is 0 Å². The number of ether oxygens (including phenoxy) is 2. The van der Waals surface area contributed by atoms with E-state index < -0.39 is 54.4 Å². The minimum atomic E-state index is -2.20. The summed E-state index contributed by atoms with van der Waals surface area (Å²) < 4.78 is 30.4. The fraction of sp³-hybridized carbons (Fsp3) is 0.789. The van der Waals surface area contributed by atoms with Crippen molar-refractivity contribution >= 4 is 47.3 Å². The highest BCUT2D eigenvalue weighted by atomic mass is 28.4. The number of carbonyl (C=O) groups excluding carboxylic acids is 2. The second kappa shape index (κ2) is 10.4. The maximum absolute atomic E-state index is 12.8. The zero-order valence-corrected chi connectivity index (χ0v) is 26.6. The Labute approximate surface area is 194 Å². The van der Waals surface area contributed by atoms with E-state index in [1.54, 1.807) is 6.92 Å². The third-order valence-electron chi connectivity index (χ3n) is 3.57. The van der Waals surface area contributed by atoms with Crippen LogP contribution in [0.5, 0.6) is 0 Å². The number of rotatable bonds is 11. The van der Waals surface area contributed by atoms with E-state index in [9.17, 15) is 9.59 Å². The van der Waals surface area contributed by atoms with Gasteiger partial charge in [-0.2, -0.15) is 0 Å². The Bertz CT molecular complexity index is 652. The van der Waals surface area contributed by atoms with Crippen LogP contribution in [0, 0.1) is 0 Å². The van der Waals surface area contributed by atoms with Crippen LogP contribution in [-0.4, -0.2) is 64.7 Å². The lowest BCUT2D eigenvalue weighted by Gasteiger charge is -2.51. The molecule has 2 atom stereocenters. The average molecular weight is 510 g/mol. The van der Waals surface area contributed by atoms with Crippen molar-refractivity contribution in [2.45, 2.75) is 97.1 Å². The molecular formula is C19H43NO7Si4. The molecule has 0 heterocycles. The molecule has 1 amide bonds. The van der Waals surface area contributed by atoms with E-state index in [1.165, 1.54) is 13.8 Å². The predicted molar refractivity (Wildman–Crippen MR) is 134 cm³/mol. The molecule has 0 aliphatic heterocycles. The Kier molecular flexibility index (Phi) is 10.2. The summed E-state index contributed by atoms with van der Waals surface area (Å²) in [7, 11) is -6.17. The number of carbonyl (C=O) groups is 2. The Balaban J connectivity index is 5.99. The molecule has 0 fully saturated rings. The fourth-order valence-electron chi connectivity index (χ4n) is 2.83. The smallest absolute Gasteiger partial charge is 0.412 e. The Morgan fingerprint density at radius 1 is 0.903 bits per heavy atom. The summed E-state index contributed by atoms with van der Waals surface area (Å²) in [5.41, 5.74) is -1.17. The molecular weight excluding hydrogens is 467 g/mol. The normalized spacial score (nSPS) is 16.3. The number of amides is 1. The lowest BCUT2D eigenvalue weighted by atomic mass is 10.3. The van der Waals surface area contributed by atoms with Crippen LogP contribution in [-0.2, 0) is 27.5 Å². The minimum Gasteiger partial charge on any atom is -0.439 e. The lowest BCUT2D eigenvalue weighted by molar-refractivity contribution is -0.275. The standard InChI is InChI=1S/C19H43NO7Si4/c1-14(2)16(21)23-15(3)20-17(22)24-19(28,27-31(11,12)13)18(4,25-29(5,6)7)26-30(8,9)10/h15H,1H2,2-13,28H3,(H,20,22). The monoisotopic (exact) mass is 509 g/mol. The molecule has 0 bridgehead atoms. The van der Waals surface area contributed by atoms with E-state index in [0.717, 1.165) is 0 Å². The van der Waals surface area contributed by atoms with Gasteiger partial charge in [0.1, 0.15) is 0 Å². The summed E-state index contributed by atoms with van der Waals surface area (Å²) in [6, 6.07) is 0. The SMILES string of the molecule is C=C(C)C(=O)OC(C)NC(=O)OC([SiH3])(O[Si](C)(C)C)C(C)(O[Si](C)(C)C)O[Si](C)(C)C. The van der Waals surface area contributed by atoms with Crippen LogP contribution in [0.25, 0.3) is 0 Å². The Hall–Kier alpha value is -0.772. The molecule has 0 aromatic rings. The maximum Gasteiger partial charge on any atom is 0.412 e. The van der Waals surface area contributed by atoms with Gasteiger partial charge in [0.2, 0.25) is 11.2 Å². The first-order valence-corrected chi connectivity index (χ1v) is 21.7. The second-order valence-electron chi connectivity index (χ2n) is 10.9. The number of esters is 1. The Morgan fingerprint density at radius 2 is 1.29 bits per heavy atom. The molecule has 8 nitrogen and oxygen atoms in total. The minimum absolute atomic E-state index is 0.237. The van der Waals surface area contributed by atoms with Gasteiger partial charge in [0.15, 0.2) is 31.2 Å². The molecule has 0 saturated carbocycles. The molecule has 0 aromatic carbocycles. The van der Waals surface area contributed by atoms with E-state index >= 15 is 0 Å². The third-order valence-corrected chi connectivity index (χ3v) is 8.30. The van der Waals surface area contributed by atoms with Crippen molar-refractivity contribution in [1.82, 2.24) is 5.32 Å². The molecule has 182 valence electrons. The lowest BCUT2D eigenvalue weighted by Crippen LogP contribution is -2.68. The highest BCUT2D eigenvalue weighted by Crippen LogP contribution is 2.37. The van der Waals surface area contributed by atoms with Crippen LogP contribution in [0.2, 0.25) is 58.9 Å². The summed E-state index contributed by atoms with van der Waals surface area (Å²) >= 11 is 0. The molecule has 0 radical (unpaired) electrons. The third kappa shape index (κ3) is 11.6. The van der Waals surface area contributed by atoms with Gasteiger partial charge in [-0.15, -0.1) is 0 Å². The molecule has 0 aliphatic carbocycles. The molecule has 1 N–H and O–H groups in total. The molecule has 0 aromatic heterocycles. The topological polar surface area (TPSA) is 92.3 Å². The zero-order valence-electron chi connectivity index (χ0n) is 21.6. The van der Waals surface area contributed by atoms with Gasteiger partial charge in [-0.25, -0.2) is 9.59 Å². The highest BCUT2D eigenvalue weighted by molar-refractivity contribution is 6.71. The van der Waals surface area contributed by atoms with Gasteiger partial charge in [0.05, 0.1) is 10.2 Å². The van der Waals surface area contributed by atoms with E-state index in [0.29, 0.717) is 0 Å². The van der Waals surface area contributed by atoms with Gasteiger partial charge in [-0.1, -0.05) is 6.58 Å². The van der Waals surface area contributed by atoms with Crippen LogP contribution in [0.15, 0.2) is 12.2 Å². The molecule has 0 aliphatic rings. The second-order valence-corrected chi connectivity index (χ2v) is 25.5. The molecule has 2 unspecified atom stereocenters. The van der Waals surface area contributed by atoms with Crippen molar-refractivity contribution in [2.75, 3.05) is 0 Å². The summed E-state index contributed by atoms with van der Waals surface area (Å²) in [6.45, 7) is 26.7. The van der Waals surface area contributed by atoms with Crippen molar-refractivity contribution in [1.29, 1.82) is 0 Å². The van der Waals surface area contributed by atoms with Crippen molar-refractivity contribution < 1.29 is 32.3 Å². The predicted octanol–water partition coefficient (Wildman–Crippen LogP) is 3.47. The van der Waals surface area contributed by atoms with Gasteiger partial charge in [-0.3, -0.25) is 5.32 Å². The number of hydrogen-bond acceptors (Lipinski definition) is 7. The van der Waals surface area contributed by atoms with E-state index in [1.807, 2.05) is 19.6 Å². The van der Waals surface area contributed by atoms with E-state index in [-0.39, 0.29) is 15.8 Å². The zero-order chi connectivity index (χ0) is 25.1. The van der Waals surface area contributed by atoms with Crippen molar-refractivity contribution in [2.24, 2.45) is 0 Å². The Morgan fingerprint density at radius 3 is 1.61 bits per heavy atom. The van der Waals surface area contributed by atoms with Gasteiger partial charge in [0, 0.05) is 5.57 Å². The fourth-order valence-corrected chi connectivity index (χ4v) is 9.73. The van der Waals surface area contributed by atoms with Crippen LogP contribution in [0.4, 0.5) is 4.79 Å². The molecule has 0 spiro atoms. The average Bonchev–Trinajstić information content (AvgIpc) is 2.39. The number of alkyl carbamates (subject to hydrolysis) is 1. The van der Waals surface area contributed by atoms with Crippen molar-refractivity contribution in [3.8, 4) is 0 Å². The molecule has 0 rings (SSSR count). The quantitative estimate of drug-likeness (QED) is 0.197. The summed E-state index contributed by atoms with van der Waals surface area (Å²) in [6.07, 6.45) is -1.68. The van der Waals surface area contributed by atoms with Crippen LogP contribution < -0.4 is 5.32 Å². The molecule has 31 heavy (non-hydrogen) atoms. The summed E-state index contributed by atoms with van der Waals surface area (Å²) in [5.74, 6) is -1.87. The largest absolute Gasteiger partial charge is 0.439 e. The first-order chi connectivity index (χ1) is 13.5. The number of nitrogens with one attached hydrogen (secondary N) is 1. The van der Waals surface area contributed by atoms with Gasteiger partial charge in [-0.05, 0) is 79.7 Å². The maximum atomic E-state index is 12.8. The summed E-state index contributed by atoms with van der Waals surface area (Å²) in [4.78, 5) is 24.5. The van der Waals surface area contributed by atoms with E-state index in [2.05, 4.69) is 51.2 Å². The van der Waals surface area contributed by atoms with Gasteiger partial charge < -0.3 is 22.8 Å². The molecule has 12 heteroatoms. The number of hydrogen-bond donors (Lipinski definition) is 1. The van der Waals surface area contributed by atoms with Crippen LogP contribution in [0.3, 0.4) is 0 Å². The van der Waals surface area contributed by atoms with Gasteiger partial charge >= 0.3 is 12.1 Å². The first kappa shape index (κ1) is 30.2.